The highest BCUT2D eigenvalue weighted by Crippen LogP contribution is 2.22. The number of oxazole rings is 1. The third-order valence-electron chi connectivity index (χ3n) is 2.42. The minimum absolute atomic E-state index is 0.185. The number of nitrogens with zero attached hydrogens (tertiary/aromatic N) is 1. The lowest BCUT2D eigenvalue weighted by Crippen LogP contribution is -2.20. The predicted molar refractivity (Wildman–Crippen MR) is 67.3 cm³/mol. The highest BCUT2D eigenvalue weighted by atomic mass is 32.2. The standard InChI is InChI=1S/C11H11F3N2O4S/c12-11(13,14)6-19-3-4-21(17,18)10-16-8-2-1-7(15)5-9(8)20-10/h1-2,5H,3-4,6,15H2. The van der Waals surface area contributed by atoms with Gasteiger partial charge < -0.3 is 14.9 Å². The van der Waals surface area contributed by atoms with E-state index < -0.39 is 40.2 Å². The average Bonchev–Trinajstić information content (AvgIpc) is 2.77. The Kier molecular flexibility index (Phi) is 4.10. The topological polar surface area (TPSA) is 95.4 Å². The fourth-order valence-electron chi connectivity index (χ4n) is 1.50. The zero-order chi connectivity index (χ0) is 15.7. The molecule has 0 fully saturated rings. The van der Waals surface area contributed by atoms with E-state index >= 15 is 0 Å². The van der Waals surface area contributed by atoms with Crippen LogP contribution in [0.3, 0.4) is 0 Å². The molecule has 116 valence electrons. The Morgan fingerprint density at radius 2 is 2.05 bits per heavy atom. The summed E-state index contributed by atoms with van der Waals surface area (Å²) in [4.78, 5) is 3.77. The zero-order valence-corrected chi connectivity index (χ0v) is 11.4. The molecule has 6 nitrogen and oxygen atoms in total. The Hall–Kier alpha value is -1.81. The molecule has 0 amide bonds. The van der Waals surface area contributed by atoms with E-state index in [-0.39, 0.29) is 5.58 Å². The van der Waals surface area contributed by atoms with Crippen LogP contribution in [-0.4, -0.2) is 38.5 Å². The lowest BCUT2D eigenvalue weighted by atomic mass is 10.3. The van der Waals surface area contributed by atoms with E-state index in [0.29, 0.717) is 11.2 Å². The van der Waals surface area contributed by atoms with Crippen molar-refractivity contribution in [3.63, 3.8) is 0 Å². The first-order valence-corrected chi connectivity index (χ1v) is 7.36. The van der Waals surface area contributed by atoms with Crippen LogP contribution in [0.15, 0.2) is 27.8 Å². The minimum Gasteiger partial charge on any atom is -0.428 e. The molecule has 0 spiro atoms. The SMILES string of the molecule is Nc1ccc2nc(S(=O)(=O)CCOCC(F)(F)F)oc2c1. The molecule has 1 aromatic carbocycles. The number of halogens is 3. The summed E-state index contributed by atoms with van der Waals surface area (Å²) < 4.78 is 68.6. The van der Waals surface area contributed by atoms with Gasteiger partial charge in [0.05, 0.1) is 12.4 Å². The van der Waals surface area contributed by atoms with Gasteiger partial charge in [-0.2, -0.15) is 18.2 Å². The second-order valence-corrected chi connectivity index (χ2v) is 6.18. The third-order valence-corrected chi connectivity index (χ3v) is 3.83. The van der Waals surface area contributed by atoms with E-state index in [1.807, 2.05) is 0 Å². The van der Waals surface area contributed by atoms with Crippen LogP contribution in [0.2, 0.25) is 0 Å². The molecule has 2 aromatic rings. The van der Waals surface area contributed by atoms with E-state index in [9.17, 15) is 21.6 Å². The van der Waals surface area contributed by atoms with Gasteiger partial charge in [0.2, 0.25) is 9.84 Å². The molecule has 0 atom stereocenters. The zero-order valence-electron chi connectivity index (χ0n) is 10.6. The molecule has 0 radical (unpaired) electrons. The average molecular weight is 324 g/mol. The van der Waals surface area contributed by atoms with Crippen LogP contribution in [0.1, 0.15) is 0 Å². The van der Waals surface area contributed by atoms with Crippen molar-refractivity contribution in [1.29, 1.82) is 0 Å². The monoisotopic (exact) mass is 324 g/mol. The van der Waals surface area contributed by atoms with Crippen molar-refractivity contribution in [1.82, 2.24) is 4.98 Å². The van der Waals surface area contributed by atoms with Crippen LogP contribution in [0.25, 0.3) is 11.1 Å². The summed E-state index contributed by atoms with van der Waals surface area (Å²) in [5.41, 5.74) is 6.36. The van der Waals surface area contributed by atoms with Crippen LogP contribution >= 0.6 is 0 Å². The lowest BCUT2D eigenvalue weighted by Gasteiger charge is -2.06. The summed E-state index contributed by atoms with van der Waals surface area (Å²) in [5.74, 6) is -0.661. The smallest absolute Gasteiger partial charge is 0.411 e. The van der Waals surface area contributed by atoms with Gasteiger partial charge in [-0.05, 0) is 12.1 Å². The van der Waals surface area contributed by atoms with E-state index in [2.05, 4.69) is 9.72 Å². The van der Waals surface area contributed by atoms with E-state index in [1.165, 1.54) is 18.2 Å². The number of nitrogen functional groups attached to an aromatic ring is 1. The van der Waals surface area contributed by atoms with Crippen molar-refractivity contribution >= 4 is 26.6 Å². The molecule has 1 aromatic heterocycles. The van der Waals surface area contributed by atoms with Crippen LogP contribution in [-0.2, 0) is 14.6 Å². The summed E-state index contributed by atoms with van der Waals surface area (Å²) in [5, 5.41) is -0.571. The molecule has 0 unspecified atom stereocenters. The number of sulfone groups is 1. The van der Waals surface area contributed by atoms with Crippen LogP contribution in [0.4, 0.5) is 18.9 Å². The normalized spacial score (nSPS) is 12.9. The Bertz CT molecular complexity index is 739. The molecule has 2 rings (SSSR count). The molecular weight excluding hydrogens is 313 g/mol. The first-order valence-electron chi connectivity index (χ1n) is 5.71. The molecular formula is C11H11F3N2O4S. The van der Waals surface area contributed by atoms with Gasteiger partial charge in [-0.3, -0.25) is 0 Å². The minimum atomic E-state index is -4.50. The number of alkyl halides is 3. The van der Waals surface area contributed by atoms with Gasteiger partial charge in [0.25, 0.3) is 0 Å². The Morgan fingerprint density at radius 1 is 1.33 bits per heavy atom. The van der Waals surface area contributed by atoms with Gasteiger partial charge in [-0.1, -0.05) is 0 Å². The van der Waals surface area contributed by atoms with Gasteiger partial charge in [0.15, 0.2) is 5.58 Å². The quantitative estimate of drug-likeness (QED) is 0.665. The number of aromatic nitrogens is 1. The summed E-state index contributed by atoms with van der Waals surface area (Å²) >= 11 is 0. The maximum Gasteiger partial charge on any atom is 0.411 e. The Labute approximate surface area is 117 Å². The summed E-state index contributed by atoms with van der Waals surface area (Å²) in [6, 6.07) is 4.41. The Balaban J connectivity index is 2.07. The maximum atomic E-state index is 11.9. The number of fused-ring (bicyclic) bond motifs is 1. The van der Waals surface area contributed by atoms with Crippen molar-refractivity contribution in [2.45, 2.75) is 11.4 Å². The van der Waals surface area contributed by atoms with E-state index in [1.54, 1.807) is 0 Å². The first-order chi connectivity index (χ1) is 9.67. The molecule has 0 aliphatic heterocycles. The van der Waals surface area contributed by atoms with Gasteiger partial charge >= 0.3 is 11.4 Å². The third kappa shape index (κ3) is 4.08. The molecule has 10 heteroatoms. The predicted octanol–water partition coefficient (Wildman–Crippen LogP) is 1.76. The number of ether oxygens (including phenoxy) is 1. The van der Waals surface area contributed by atoms with E-state index in [0.717, 1.165) is 0 Å². The summed E-state index contributed by atoms with van der Waals surface area (Å²) in [7, 11) is -3.96. The molecule has 2 N–H and O–H groups in total. The van der Waals surface area contributed by atoms with Crippen LogP contribution in [0, 0.1) is 0 Å². The first kappa shape index (κ1) is 15.6. The van der Waals surface area contributed by atoms with Crippen molar-refractivity contribution in [3.05, 3.63) is 18.2 Å². The maximum absolute atomic E-state index is 11.9. The van der Waals surface area contributed by atoms with Gasteiger partial charge in [0, 0.05) is 11.8 Å². The largest absolute Gasteiger partial charge is 0.428 e. The van der Waals surface area contributed by atoms with Crippen molar-refractivity contribution in [2.75, 3.05) is 24.7 Å². The fourth-order valence-corrected chi connectivity index (χ4v) is 2.46. The second kappa shape index (κ2) is 5.53. The van der Waals surface area contributed by atoms with Crippen molar-refractivity contribution in [3.8, 4) is 0 Å². The van der Waals surface area contributed by atoms with Gasteiger partial charge in [-0.25, -0.2) is 8.42 Å². The van der Waals surface area contributed by atoms with Crippen LogP contribution < -0.4 is 5.73 Å². The number of hydrogen-bond donors (Lipinski definition) is 1. The lowest BCUT2D eigenvalue weighted by molar-refractivity contribution is -0.172. The van der Waals surface area contributed by atoms with Crippen molar-refractivity contribution in [2.24, 2.45) is 0 Å². The number of hydrogen-bond acceptors (Lipinski definition) is 6. The number of anilines is 1. The second-order valence-electron chi connectivity index (χ2n) is 4.19. The molecule has 0 bridgehead atoms. The molecule has 0 aliphatic carbocycles. The molecule has 0 aliphatic rings. The van der Waals surface area contributed by atoms with Crippen LogP contribution in [0.5, 0.6) is 0 Å². The fraction of sp³-hybridized carbons (Fsp3) is 0.364. The van der Waals surface area contributed by atoms with E-state index in [4.69, 9.17) is 10.2 Å². The van der Waals surface area contributed by atoms with Crippen molar-refractivity contribution < 1.29 is 30.7 Å². The van der Waals surface area contributed by atoms with Gasteiger partial charge in [-0.15, -0.1) is 0 Å². The molecule has 21 heavy (non-hydrogen) atoms. The number of rotatable bonds is 5. The highest BCUT2D eigenvalue weighted by molar-refractivity contribution is 7.91. The molecule has 0 saturated carbocycles. The number of benzene rings is 1. The van der Waals surface area contributed by atoms with Gasteiger partial charge in [0.1, 0.15) is 12.1 Å². The Morgan fingerprint density at radius 3 is 2.71 bits per heavy atom. The number of nitrogens with two attached hydrogens (primary N) is 1. The molecule has 1 heterocycles. The summed E-state index contributed by atoms with van der Waals surface area (Å²) in [6.07, 6.45) is -4.50. The highest BCUT2D eigenvalue weighted by Gasteiger charge is 2.28. The molecule has 0 saturated heterocycles. The summed E-state index contributed by atoms with van der Waals surface area (Å²) in [6.45, 7) is -2.12.